The largest absolute Gasteiger partial charge is 0.465 e. The van der Waals surface area contributed by atoms with E-state index in [-0.39, 0.29) is 25.2 Å². The highest BCUT2D eigenvalue weighted by Crippen LogP contribution is 2.64. The van der Waals surface area contributed by atoms with Crippen LogP contribution in [0.2, 0.25) is 0 Å². The molecule has 1 heterocycles. The maximum Gasteiger partial charge on any atom is 0.465 e. The summed E-state index contributed by atoms with van der Waals surface area (Å²) >= 11 is 0. The number of esters is 1. The molecule has 0 aromatic rings. The van der Waals surface area contributed by atoms with Crippen LogP contribution in [0.15, 0.2) is 0 Å². The molecule has 0 aromatic carbocycles. The SMILES string of the molecule is O=C(OC12CC3CC(C1)C1(OCC(F)(F)C(F)(F)CO1)C(C3)C2)C(F)(F)S(=O)(=O)O. The van der Waals surface area contributed by atoms with Gasteiger partial charge in [0.05, 0.1) is 0 Å². The van der Waals surface area contributed by atoms with Gasteiger partial charge in [-0.05, 0) is 38.0 Å². The van der Waals surface area contributed by atoms with E-state index >= 15 is 0 Å². The van der Waals surface area contributed by atoms with E-state index in [1.165, 1.54) is 0 Å². The highest BCUT2D eigenvalue weighted by atomic mass is 32.2. The summed E-state index contributed by atoms with van der Waals surface area (Å²) in [5, 5.41) is -5.19. The molecule has 1 spiro atoms. The Hall–Kier alpha value is -1.12. The van der Waals surface area contributed by atoms with Gasteiger partial charge in [-0.25, -0.2) is 4.79 Å². The molecule has 0 radical (unpaired) electrons. The number of hydrogen-bond acceptors (Lipinski definition) is 6. The van der Waals surface area contributed by atoms with Crippen LogP contribution in [0.25, 0.3) is 0 Å². The van der Waals surface area contributed by atoms with Gasteiger partial charge in [-0.1, -0.05) is 0 Å². The molecule has 4 bridgehead atoms. The zero-order valence-electron chi connectivity index (χ0n) is 15.3. The Morgan fingerprint density at radius 3 is 1.87 bits per heavy atom. The van der Waals surface area contributed by atoms with E-state index in [2.05, 4.69) is 0 Å². The summed E-state index contributed by atoms with van der Waals surface area (Å²) in [6.07, 6.45) is 0.258. The lowest BCUT2D eigenvalue weighted by atomic mass is 9.51. The number of halogens is 6. The molecule has 2 unspecified atom stereocenters. The molecule has 0 aromatic heterocycles. The molecule has 5 aliphatic rings. The smallest absolute Gasteiger partial charge is 0.454 e. The lowest BCUT2D eigenvalue weighted by Crippen LogP contribution is -2.67. The van der Waals surface area contributed by atoms with Gasteiger partial charge in [-0.3, -0.25) is 4.55 Å². The molecule has 7 nitrogen and oxygen atoms in total. The standard InChI is InChI=1S/C16H18F6O7S/c17-13(18)6-27-15(28-7-14(13,19)20)9-1-8-2-10(15)5-12(3-8,4-9)29-11(23)16(21,22)30(24,25)26/h8-10H,1-7H2,(H,24,25,26). The number of alkyl halides is 6. The Morgan fingerprint density at radius 2 is 1.43 bits per heavy atom. The third-order valence-corrected chi connectivity index (χ3v) is 7.45. The lowest BCUT2D eigenvalue weighted by molar-refractivity contribution is -0.355. The molecule has 1 N–H and O–H groups in total. The van der Waals surface area contributed by atoms with Crippen molar-refractivity contribution in [3.8, 4) is 0 Å². The molecule has 30 heavy (non-hydrogen) atoms. The van der Waals surface area contributed by atoms with Crippen LogP contribution in [0.4, 0.5) is 26.3 Å². The number of hydrogen-bond donors (Lipinski definition) is 1. The average molecular weight is 468 g/mol. The van der Waals surface area contributed by atoms with E-state index in [9.17, 15) is 39.6 Å². The quantitative estimate of drug-likeness (QED) is 0.386. The predicted octanol–water partition coefficient (Wildman–Crippen LogP) is 2.60. The van der Waals surface area contributed by atoms with E-state index in [0.29, 0.717) is 12.8 Å². The summed E-state index contributed by atoms with van der Waals surface area (Å²) in [6, 6.07) is 0. The van der Waals surface area contributed by atoms with Gasteiger partial charge in [0.25, 0.3) is 0 Å². The van der Waals surface area contributed by atoms with Gasteiger partial charge >= 0.3 is 33.2 Å². The number of carbonyl (C=O) groups is 1. The first-order valence-corrected chi connectivity index (χ1v) is 10.6. The van der Waals surface area contributed by atoms with Crippen molar-refractivity contribution in [2.24, 2.45) is 17.8 Å². The van der Waals surface area contributed by atoms with E-state index in [1.54, 1.807) is 0 Å². The normalized spacial score (nSPS) is 39.0. The van der Waals surface area contributed by atoms with Gasteiger partial charge in [0.2, 0.25) is 0 Å². The second-order valence-electron chi connectivity index (χ2n) is 8.62. The van der Waals surface area contributed by atoms with Crippen LogP contribution in [0, 0.1) is 17.8 Å². The van der Waals surface area contributed by atoms with Gasteiger partial charge < -0.3 is 14.2 Å². The Balaban J connectivity index is 1.59. The molecule has 5 fully saturated rings. The highest BCUT2D eigenvalue weighted by molar-refractivity contribution is 7.87. The molecular formula is C16H18F6O7S. The van der Waals surface area contributed by atoms with Gasteiger partial charge in [-0.2, -0.15) is 34.8 Å². The first-order chi connectivity index (χ1) is 13.5. The Morgan fingerprint density at radius 1 is 0.967 bits per heavy atom. The molecule has 0 amide bonds. The second kappa shape index (κ2) is 6.23. The van der Waals surface area contributed by atoms with Crippen molar-refractivity contribution in [2.45, 2.75) is 60.6 Å². The summed E-state index contributed by atoms with van der Waals surface area (Å²) in [6.45, 7) is -3.18. The summed E-state index contributed by atoms with van der Waals surface area (Å²) in [5.41, 5.74) is -1.56. The maximum absolute atomic E-state index is 13.7. The van der Waals surface area contributed by atoms with Gasteiger partial charge in [0, 0.05) is 11.8 Å². The van der Waals surface area contributed by atoms with Crippen LogP contribution in [-0.2, 0) is 29.1 Å². The minimum atomic E-state index is -6.07. The van der Waals surface area contributed by atoms with Gasteiger partial charge in [0.1, 0.15) is 18.8 Å². The third-order valence-electron chi connectivity index (χ3n) is 6.64. The van der Waals surface area contributed by atoms with Gasteiger partial charge in [0.15, 0.2) is 5.79 Å². The molecule has 1 saturated heterocycles. The molecule has 4 aliphatic carbocycles. The van der Waals surface area contributed by atoms with E-state index in [0.717, 1.165) is 0 Å². The zero-order valence-corrected chi connectivity index (χ0v) is 16.1. The number of ether oxygens (including phenoxy) is 3. The predicted molar refractivity (Wildman–Crippen MR) is 83.4 cm³/mol. The van der Waals surface area contributed by atoms with Crippen LogP contribution in [0.5, 0.6) is 0 Å². The summed E-state index contributed by atoms with van der Waals surface area (Å²) < 4.78 is 128. The number of carbonyl (C=O) groups excluding carboxylic acids is 1. The third kappa shape index (κ3) is 3.05. The minimum absolute atomic E-state index is 0.107. The Bertz CT molecular complexity index is 824. The van der Waals surface area contributed by atoms with Crippen LogP contribution in [0.1, 0.15) is 32.1 Å². The summed E-state index contributed by atoms with van der Waals surface area (Å²) in [5.74, 6) is -15.0. The van der Waals surface area contributed by atoms with Crippen molar-refractivity contribution >= 4 is 16.1 Å². The minimum Gasteiger partial charge on any atom is -0.454 e. The fraction of sp³-hybridized carbons (Fsp3) is 0.938. The molecule has 2 atom stereocenters. The molecule has 5 rings (SSSR count). The Kier molecular flexibility index (Phi) is 4.58. The second-order valence-corrected chi connectivity index (χ2v) is 10.1. The van der Waals surface area contributed by atoms with Crippen LogP contribution >= 0.6 is 0 Å². The van der Waals surface area contributed by atoms with Crippen molar-refractivity contribution in [2.75, 3.05) is 13.2 Å². The fourth-order valence-corrected chi connectivity index (χ4v) is 5.72. The van der Waals surface area contributed by atoms with E-state index < -0.39 is 69.6 Å². The monoisotopic (exact) mass is 468 g/mol. The van der Waals surface area contributed by atoms with Crippen molar-refractivity contribution in [1.29, 1.82) is 0 Å². The molecular weight excluding hydrogens is 450 g/mol. The van der Waals surface area contributed by atoms with E-state index in [4.69, 9.17) is 18.8 Å². The first kappa shape index (κ1) is 22.1. The number of rotatable bonds is 3. The summed E-state index contributed by atoms with van der Waals surface area (Å²) in [4.78, 5) is 11.8. The van der Waals surface area contributed by atoms with Gasteiger partial charge in [-0.15, -0.1) is 0 Å². The first-order valence-electron chi connectivity index (χ1n) is 9.15. The highest BCUT2D eigenvalue weighted by Gasteiger charge is 2.70. The van der Waals surface area contributed by atoms with Crippen molar-refractivity contribution in [1.82, 2.24) is 0 Å². The maximum atomic E-state index is 13.7. The summed E-state index contributed by atoms with van der Waals surface area (Å²) in [7, 11) is -6.07. The van der Waals surface area contributed by atoms with Crippen LogP contribution in [0.3, 0.4) is 0 Å². The molecule has 4 saturated carbocycles. The molecule has 14 heteroatoms. The van der Waals surface area contributed by atoms with Crippen molar-refractivity contribution < 1.29 is 58.3 Å². The van der Waals surface area contributed by atoms with Crippen molar-refractivity contribution in [3.63, 3.8) is 0 Å². The Labute approximate surface area is 166 Å². The topological polar surface area (TPSA) is 99.1 Å². The molecule has 172 valence electrons. The average Bonchev–Trinajstić information content (AvgIpc) is 2.67. The lowest BCUT2D eigenvalue weighted by Gasteiger charge is -2.63. The van der Waals surface area contributed by atoms with E-state index in [1.807, 2.05) is 0 Å². The van der Waals surface area contributed by atoms with Crippen molar-refractivity contribution in [3.05, 3.63) is 0 Å². The molecule has 1 aliphatic heterocycles. The zero-order chi connectivity index (χ0) is 22.4. The van der Waals surface area contributed by atoms with Crippen LogP contribution in [-0.4, -0.2) is 60.6 Å². The van der Waals surface area contributed by atoms with Crippen LogP contribution < -0.4 is 0 Å². The fourth-order valence-electron chi connectivity index (χ4n) is 5.47.